The van der Waals surface area contributed by atoms with Gasteiger partial charge in [-0.1, -0.05) is 36.8 Å². The molecule has 0 aliphatic heterocycles. The second-order valence-electron chi connectivity index (χ2n) is 4.72. The van der Waals surface area contributed by atoms with Gasteiger partial charge in [0.2, 0.25) is 0 Å². The van der Waals surface area contributed by atoms with Gasteiger partial charge in [-0.15, -0.1) is 5.10 Å². The molecular weight excluding hydrogens is 278 g/mol. The Morgan fingerprint density at radius 1 is 1.33 bits per heavy atom. The van der Waals surface area contributed by atoms with Crippen LogP contribution in [0, 0.1) is 0 Å². The van der Waals surface area contributed by atoms with Crippen molar-refractivity contribution >= 4 is 0 Å². The molecule has 0 spiro atoms. The monoisotopic (exact) mass is 296 g/mol. The number of nitrogens with zero attached hydrogens (tertiary/aromatic N) is 3. The third-order valence-electron chi connectivity index (χ3n) is 3.06. The maximum Gasteiger partial charge on any atom is 0.387 e. The van der Waals surface area contributed by atoms with E-state index >= 15 is 0 Å². The number of ether oxygens (including phenoxy) is 1. The molecular formula is C14H18F2N4O. The molecule has 0 radical (unpaired) electrons. The van der Waals surface area contributed by atoms with Crippen molar-refractivity contribution in [3.63, 3.8) is 0 Å². The molecule has 1 atom stereocenters. The molecule has 114 valence electrons. The molecule has 0 amide bonds. The van der Waals surface area contributed by atoms with Gasteiger partial charge in [0.1, 0.15) is 5.75 Å². The summed E-state index contributed by atoms with van der Waals surface area (Å²) in [6, 6.07) is 6.46. The second-order valence-corrected chi connectivity index (χ2v) is 4.72. The number of hydrogen-bond donors (Lipinski definition) is 1. The summed E-state index contributed by atoms with van der Waals surface area (Å²) in [7, 11) is 0. The Balaban J connectivity index is 2.11. The van der Waals surface area contributed by atoms with E-state index in [2.05, 4.69) is 15.0 Å². The van der Waals surface area contributed by atoms with E-state index in [-0.39, 0.29) is 11.8 Å². The Hall–Kier alpha value is -2.02. The summed E-state index contributed by atoms with van der Waals surface area (Å²) in [5.74, 6) is 0.141. The molecule has 0 saturated carbocycles. The Bertz CT molecular complexity index is 574. The summed E-state index contributed by atoms with van der Waals surface area (Å²) in [6.45, 7) is -0.507. The molecule has 1 aromatic carbocycles. The van der Waals surface area contributed by atoms with E-state index in [9.17, 15) is 8.78 Å². The number of rotatable bonds is 7. The van der Waals surface area contributed by atoms with Crippen LogP contribution >= 0.6 is 0 Å². The van der Waals surface area contributed by atoms with Crippen LogP contribution in [-0.2, 0) is 6.54 Å². The molecule has 1 unspecified atom stereocenters. The van der Waals surface area contributed by atoms with Crippen molar-refractivity contribution < 1.29 is 13.5 Å². The molecule has 5 nitrogen and oxygen atoms in total. The maximum atomic E-state index is 12.4. The SMILES string of the molecule is CCCC(N)c1cn(Cc2ccccc2OC(F)F)nn1. The molecule has 1 aromatic heterocycles. The van der Waals surface area contributed by atoms with Gasteiger partial charge in [0.15, 0.2) is 0 Å². The number of hydrogen-bond acceptors (Lipinski definition) is 4. The van der Waals surface area contributed by atoms with E-state index in [4.69, 9.17) is 5.73 Å². The minimum Gasteiger partial charge on any atom is -0.434 e. The van der Waals surface area contributed by atoms with E-state index in [1.54, 1.807) is 29.1 Å². The van der Waals surface area contributed by atoms with Crippen molar-refractivity contribution in [1.29, 1.82) is 0 Å². The number of nitrogens with two attached hydrogens (primary N) is 1. The lowest BCUT2D eigenvalue weighted by Gasteiger charge is -2.10. The van der Waals surface area contributed by atoms with Gasteiger partial charge in [0, 0.05) is 5.56 Å². The van der Waals surface area contributed by atoms with E-state index in [1.807, 2.05) is 6.92 Å². The van der Waals surface area contributed by atoms with Crippen molar-refractivity contribution in [1.82, 2.24) is 15.0 Å². The van der Waals surface area contributed by atoms with Gasteiger partial charge in [-0.3, -0.25) is 0 Å². The van der Waals surface area contributed by atoms with E-state index in [1.165, 1.54) is 6.07 Å². The highest BCUT2D eigenvalue weighted by atomic mass is 19.3. The Morgan fingerprint density at radius 3 is 2.81 bits per heavy atom. The van der Waals surface area contributed by atoms with Crippen molar-refractivity contribution in [3.05, 3.63) is 41.7 Å². The Morgan fingerprint density at radius 2 is 2.10 bits per heavy atom. The number of alkyl halides is 2. The van der Waals surface area contributed by atoms with Crippen molar-refractivity contribution in [3.8, 4) is 5.75 Å². The molecule has 2 N–H and O–H groups in total. The topological polar surface area (TPSA) is 66.0 Å². The van der Waals surface area contributed by atoms with Gasteiger partial charge >= 0.3 is 6.61 Å². The molecule has 2 aromatic rings. The minimum atomic E-state index is -2.85. The van der Waals surface area contributed by atoms with Gasteiger partial charge in [-0.2, -0.15) is 8.78 Å². The first-order valence-corrected chi connectivity index (χ1v) is 6.78. The predicted octanol–water partition coefficient (Wildman–Crippen LogP) is 2.73. The van der Waals surface area contributed by atoms with E-state index < -0.39 is 6.61 Å². The molecule has 0 aliphatic rings. The number of halogens is 2. The van der Waals surface area contributed by atoms with Crippen molar-refractivity contribution in [2.75, 3.05) is 0 Å². The number of para-hydroxylation sites is 1. The number of aromatic nitrogens is 3. The summed E-state index contributed by atoms with van der Waals surface area (Å²) < 4.78 is 30.8. The van der Waals surface area contributed by atoms with E-state index in [0.717, 1.165) is 12.8 Å². The lowest BCUT2D eigenvalue weighted by Crippen LogP contribution is -2.10. The minimum absolute atomic E-state index is 0.141. The molecule has 2 rings (SSSR count). The van der Waals surface area contributed by atoms with Crippen LogP contribution in [0.2, 0.25) is 0 Å². The summed E-state index contributed by atoms with van der Waals surface area (Å²) >= 11 is 0. The molecule has 0 fully saturated rings. The first-order valence-electron chi connectivity index (χ1n) is 6.78. The van der Waals surface area contributed by atoms with Crippen LogP contribution < -0.4 is 10.5 Å². The van der Waals surface area contributed by atoms with E-state index in [0.29, 0.717) is 17.8 Å². The van der Waals surface area contributed by atoms with Crippen LogP contribution in [0.5, 0.6) is 5.75 Å². The largest absolute Gasteiger partial charge is 0.434 e. The van der Waals surface area contributed by atoms with Crippen molar-refractivity contribution in [2.24, 2.45) is 5.73 Å². The van der Waals surface area contributed by atoms with Crippen LogP contribution in [0.25, 0.3) is 0 Å². The van der Waals surface area contributed by atoms with Crippen LogP contribution in [0.4, 0.5) is 8.78 Å². The fraction of sp³-hybridized carbons (Fsp3) is 0.429. The van der Waals surface area contributed by atoms with Gasteiger partial charge in [0.05, 0.1) is 24.5 Å². The predicted molar refractivity (Wildman–Crippen MR) is 74.0 cm³/mol. The lowest BCUT2D eigenvalue weighted by atomic mass is 10.1. The normalized spacial score (nSPS) is 12.6. The fourth-order valence-electron chi connectivity index (χ4n) is 2.04. The highest BCUT2D eigenvalue weighted by Crippen LogP contribution is 2.21. The highest BCUT2D eigenvalue weighted by Gasteiger charge is 2.12. The maximum absolute atomic E-state index is 12.4. The van der Waals surface area contributed by atoms with Crippen LogP contribution in [0.1, 0.15) is 37.1 Å². The fourth-order valence-corrected chi connectivity index (χ4v) is 2.04. The van der Waals surface area contributed by atoms with Crippen LogP contribution in [-0.4, -0.2) is 21.6 Å². The summed E-state index contributed by atoms with van der Waals surface area (Å²) in [4.78, 5) is 0. The lowest BCUT2D eigenvalue weighted by molar-refractivity contribution is -0.0505. The molecule has 1 heterocycles. The molecule has 0 saturated heterocycles. The first kappa shape index (κ1) is 15.4. The Kier molecular flexibility index (Phi) is 5.21. The summed E-state index contributed by atoms with van der Waals surface area (Å²) in [5, 5.41) is 8.00. The average Bonchev–Trinajstić information content (AvgIpc) is 2.89. The standard InChI is InChI=1S/C14H18F2N4O/c1-2-5-11(17)12-9-20(19-18-12)8-10-6-3-4-7-13(10)21-14(15)16/h3-4,6-7,9,11,14H,2,5,8,17H2,1H3. The van der Waals surface area contributed by atoms with Gasteiger partial charge in [-0.25, -0.2) is 4.68 Å². The Labute approximate surface area is 121 Å². The second kappa shape index (κ2) is 7.12. The smallest absolute Gasteiger partial charge is 0.387 e. The van der Waals surface area contributed by atoms with Gasteiger partial charge in [0.25, 0.3) is 0 Å². The summed E-state index contributed by atoms with van der Waals surface area (Å²) in [6.07, 6.45) is 3.52. The van der Waals surface area contributed by atoms with Crippen molar-refractivity contribution in [2.45, 2.75) is 39.0 Å². The highest BCUT2D eigenvalue weighted by molar-refractivity contribution is 5.33. The van der Waals surface area contributed by atoms with Gasteiger partial charge < -0.3 is 10.5 Å². The zero-order valence-electron chi connectivity index (χ0n) is 11.7. The first-order chi connectivity index (χ1) is 10.1. The molecule has 21 heavy (non-hydrogen) atoms. The third kappa shape index (κ3) is 4.22. The average molecular weight is 296 g/mol. The third-order valence-corrected chi connectivity index (χ3v) is 3.06. The zero-order chi connectivity index (χ0) is 15.2. The molecule has 0 bridgehead atoms. The van der Waals surface area contributed by atoms with Crippen LogP contribution in [0.15, 0.2) is 30.5 Å². The summed E-state index contributed by atoms with van der Waals surface area (Å²) in [5.41, 5.74) is 7.28. The number of benzene rings is 1. The molecule has 0 aliphatic carbocycles. The molecule has 7 heteroatoms. The zero-order valence-corrected chi connectivity index (χ0v) is 11.7. The van der Waals surface area contributed by atoms with Gasteiger partial charge in [-0.05, 0) is 12.5 Å². The quantitative estimate of drug-likeness (QED) is 0.853. The van der Waals surface area contributed by atoms with Crippen LogP contribution in [0.3, 0.4) is 0 Å².